The number of carbonyl (C=O) groups excluding carboxylic acids is 1. The Morgan fingerprint density at radius 2 is 1.75 bits per heavy atom. The van der Waals surface area contributed by atoms with Gasteiger partial charge >= 0.3 is 6.18 Å². The number of allylic oxidation sites excluding steroid dienone is 2. The number of rotatable bonds is 3. The predicted octanol–water partition coefficient (Wildman–Crippen LogP) is 4.77. The number of ketones is 1. The van der Waals surface area contributed by atoms with Gasteiger partial charge in [-0.1, -0.05) is 19.1 Å². The minimum atomic E-state index is -4.33. The van der Waals surface area contributed by atoms with E-state index in [0.717, 1.165) is 55.7 Å². The molecule has 1 fully saturated rings. The summed E-state index contributed by atoms with van der Waals surface area (Å²) in [4.78, 5) is 14.8. The summed E-state index contributed by atoms with van der Waals surface area (Å²) >= 11 is 0. The van der Waals surface area contributed by atoms with E-state index in [4.69, 9.17) is 0 Å². The van der Waals surface area contributed by atoms with E-state index in [2.05, 4.69) is 4.90 Å². The molecule has 1 saturated heterocycles. The number of alkyl halides is 3. The van der Waals surface area contributed by atoms with Crippen molar-refractivity contribution in [1.82, 2.24) is 4.90 Å². The molecule has 1 heterocycles. The third-order valence-corrected chi connectivity index (χ3v) is 5.21. The van der Waals surface area contributed by atoms with Crippen LogP contribution in [0.25, 0.3) is 0 Å². The molecule has 1 aliphatic heterocycles. The molecule has 1 aromatic rings. The lowest BCUT2D eigenvalue weighted by molar-refractivity contribution is -0.137. The number of hydrogen-bond acceptors (Lipinski definition) is 2. The molecular formula is C19H22F3NO. The maximum atomic E-state index is 12.8. The molecule has 130 valence electrons. The van der Waals surface area contributed by atoms with E-state index in [-0.39, 0.29) is 17.6 Å². The molecular weight excluding hydrogens is 315 g/mol. The fourth-order valence-corrected chi connectivity index (χ4v) is 3.88. The van der Waals surface area contributed by atoms with Crippen LogP contribution in [-0.4, -0.2) is 23.8 Å². The maximum absolute atomic E-state index is 12.8. The van der Waals surface area contributed by atoms with Gasteiger partial charge in [0.1, 0.15) is 0 Å². The maximum Gasteiger partial charge on any atom is 0.416 e. The fourth-order valence-electron chi connectivity index (χ4n) is 3.88. The van der Waals surface area contributed by atoms with E-state index in [1.54, 1.807) is 6.08 Å². The van der Waals surface area contributed by atoms with Crippen LogP contribution in [0.15, 0.2) is 36.0 Å². The summed E-state index contributed by atoms with van der Waals surface area (Å²) < 4.78 is 38.3. The van der Waals surface area contributed by atoms with E-state index < -0.39 is 11.7 Å². The van der Waals surface area contributed by atoms with Crippen molar-refractivity contribution in [2.24, 2.45) is 5.92 Å². The van der Waals surface area contributed by atoms with Gasteiger partial charge in [0, 0.05) is 30.8 Å². The Hall–Kier alpha value is -1.78. The minimum Gasteiger partial charge on any atom is -0.375 e. The first-order valence-corrected chi connectivity index (χ1v) is 8.56. The summed E-state index contributed by atoms with van der Waals surface area (Å²) in [5.41, 5.74) is 1.23. The van der Waals surface area contributed by atoms with Crippen LogP contribution >= 0.6 is 0 Å². The smallest absolute Gasteiger partial charge is 0.375 e. The zero-order chi connectivity index (χ0) is 17.3. The van der Waals surface area contributed by atoms with E-state index in [9.17, 15) is 18.0 Å². The molecule has 0 N–H and O–H groups in total. The Bertz CT molecular complexity index is 627. The molecule has 0 spiro atoms. The first-order valence-electron chi connectivity index (χ1n) is 8.56. The Labute approximate surface area is 140 Å². The van der Waals surface area contributed by atoms with Gasteiger partial charge in [0.05, 0.1) is 5.56 Å². The normalized spacial score (nSPS) is 25.1. The Morgan fingerprint density at radius 1 is 1.12 bits per heavy atom. The highest BCUT2D eigenvalue weighted by Crippen LogP contribution is 2.40. The summed E-state index contributed by atoms with van der Waals surface area (Å²) in [7, 11) is 0. The highest BCUT2D eigenvalue weighted by atomic mass is 19.4. The summed E-state index contributed by atoms with van der Waals surface area (Å²) in [6.07, 6.45) is 1.14. The zero-order valence-electron chi connectivity index (χ0n) is 13.8. The van der Waals surface area contributed by atoms with E-state index >= 15 is 0 Å². The van der Waals surface area contributed by atoms with Crippen molar-refractivity contribution in [2.45, 2.75) is 44.7 Å². The third-order valence-electron chi connectivity index (χ3n) is 5.21. The van der Waals surface area contributed by atoms with Crippen molar-refractivity contribution < 1.29 is 18.0 Å². The number of likely N-dealkylation sites (tertiary alicyclic amines) is 1. The van der Waals surface area contributed by atoms with Crippen LogP contribution in [0.3, 0.4) is 0 Å². The lowest BCUT2D eigenvalue weighted by Crippen LogP contribution is -2.31. The lowest BCUT2D eigenvalue weighted by atomic mass is 9.75. The first kappa shape index (κ1) is 17.1. The topological polar surface area (TPSA) is 20.3 Å². The summed E-state index contributed by atoms with van der Waals surface area (Å²) in [6.45, 7) is 3.90. The van der Waals surface area contributed by atoms with Crippen molar-refractivity contribution in [3.63, 3.8) is 0 Å². The van der Waals surface area contributed by atoms with Crippen LogP contribution in [0.4, 0.5) is 13.2 Å². The number of halogens is 3. The molecule has 2 unspecified atom stereocenters. The van der Waals surface area contributed by atoms with Crippen LogP contribution in [0.5, 0.6) is 0 Å². The van der Waals surface area contributed by atoms with Crippen LogP contribution in [-0.2, 0) is 11.0 Å². The quantitative estimate of drug-likeness (QED) is 0.792. The molecule has 1 aliphatic carbocycles. The second kappa shape index (κ2) is 6.61. The second-order valence-electron chi connectivity index (χ2n) is 6.68. The molecule has 2 nitrogen and oxygen atoms in total. The van der Waals surface area contributed by atoms with Crippen molar-refractivity contribution in [1.29, 1.82) is 0 Å². The molecule has 0 radical (unpaired) electrons. The van der Waals surface area contributed by atoms with Crippen LogP contribution in [0.2, 0.25) is 0 Å². The predicted molar refractivity (Wildman–Crippen MR) is 86.5 cm³/mol. The van der Waals surface area contributed by atoms with Gasteiger partial charge < -0.3 is 4.90 Å². The Balaban J connectivity index is 1.87. The average Bonchev–Trinajstić information content (AvgIpc) is 3.08. The van der Waals surface area contributed by atoms with Crippen LogP contribution < -0.4 is 0 Å². The summed E-state index contributed by atoms with van der Waals surface area (Å²) in [5.74, 6) is -0.0750. The zero-order valence-corrected chi connectivity index (χ0v) is 13.8. The molecule has 24 heavy (non-hydrogen) atoms. The van der Waals surface area contributed by atoms with Gasteiger partial charge in [-0.2, -0.15) is 13.2 Å². The third kappa shape index (κ3) is 3.35. The summed E-state index contributed by atoms with van der Waals surface area (Å²) in [6, 6.07) is 5.33. The Morgan fingerprint density at radius 3 is 2.29 bits per heavy atom. The minimum absolute atomic E-state index is 0.0367. The lowest BCUT2D eigenvalue weighted by Gasteiger charge is -2.34. The molecule has 0 bridgehead atoms. The van der Waals surface area contributed by atoms with Crippen LogP contribution in [0.1, 0.15) is 49.7 Å². The van der Waals surface area contributed by atoms with Gasteiger partial charge in [0.25, 0.3) is 0 Å². The molecule has 5 heteroatoms. The van der Waals surface area contributed by atoms with Crippen molar-refractivity contribution in [3.8, 4) is 0 Å². The number of hydrogen-bond donors (Lipinski definition) is 0. The van der Waals surface area contributed by atoms with Gasteiger partial charge in [-0.25, -0.2) is 0 Å². The van der Waals surface area contributed by atoms with Gasteiger partial charge in [0.2, 0.25) is 0 Å². The molecule has 3 rings (SSSR count). The molecule has 0 amide bonds. The molecule has 0 saturated carbocycles. The van der Waals surface area contributed by atoms with Crippen LogP contribution in [0, 0.1) is 5.92 Å². The standard InChI is InChI=1S/C19H22F3NO/c1-2-16-17(13-5-7-14(8-6-13)19(20,21)22)11-15(12-18(16)24)23-9-3-4-10-23/h5-8,12,16-17H,2-4,9-11H2,1H3. The monoisotopic (exact) mass is 337 g/mol. The number of benzene rings is 1. The Kier molecular flexibility index (Phi) is 4.70. The van der Waals surface area contributed by atoms with Gasteiger partial charge in [-0.05, 0) is 49.3 Å². The van der Waals surface area contributed by atoms with E-state index in [1.807, 2.05) is 6.92 Å². The SMILES string of the molecule is CCC1C(=O)C=C(N2CCCC2)CC1c1ccc(C(F)(F)F)cc1. The van der Waals surface area contributed by atoms with Gasteiger partial charge in [-0.3, -0.25) is 4.79 Å². The van der Waals surface area contributed by atoms with Crippen molar-refractivity contribution in [2.75, 3.05) is 13.1 Å². The fraction of sp³-hybridized carbons (Fsp3) is 0.526. The highest BCUT2D eigenvalue weighted by Gasteiger charge is 2.35. The molecule has 1 aromatic carbocycles. The first-order chi connectivity index (χ1) is 11.4. The molecule has 2 atom stereocenters. The van der Waals surface area contributed by atoms with E-state index in [0.29, 0.717) is 6.42 Å². The highest BCUT2D eigenvalue weighted by molar-refractivity contribution is 5.94. The van der Waals surface area contributed by atoms with Gasteiger partial charge in [-0.15, -0.1) is 0 Å². The van der Waals surface area contributed by atoms with Crippen molar-refractivity contribution >= 4 is 5.78 Å². The van der Waals surface area contributed by atoms with Gasteiger partial charge in [0.15, 0.2) is 5.78 Å². The summed E-state index contributed by atoms with van der Waals surface area (Å²) in [5, 5.41) is 0. The van der Waals surface area contributed by atoms with Crippen molar-refractivity contribution in [3.05, 3.63) is 47.2 Å². The van der Waals surface area contributed by atoms with E-state index in [1.165, 1.54) is 12.1 Å². The second-order valence-corrected chi connectivity index (χ2v) is 6.68. The average molecular weight is 337 g/mol. The number of carbonyl (C=O) groups is 1. The number of nitrogens with zero attached hydrogens (tertiary/aromatic N) is 1. The molecule has 0 aromatic heterocycles. The molecule has 2 aliphatic rings. The largest absolute Gasteiger partial charge is 0.416 e.